The number of ether oxygens (including phenoxy) is 2. The number of amides is 5. The molecular weight excluding hydrogens is 466 g/mol. The fourth-order valence-corrected chi connectivity index (χ4v) is 3.88. The molecule has 0 spiro atoms. The van der Waals surface area contributed by atoms with E-state index in [1.807, 2.05) is 12.1 Å². The van der Waals surface area contributed by atoms with Crippen LogP contribution in [-0.4, -0.2) is 54.9 Å². The maximum atomic E-state index is 12.9. The largest absolute Gasteiger partial charge is 0.497 e. The molecule has 0 atom stereocenters. The summed E-state index contributed by atoms with van der Waals surface area (Å²) >= 11 is 0. The molecule has 0 bridgehead atoms. The first kappa shape index (κ1) is 24.4. The van der Waals surface area contributed by atoms with Gasteiger partial charge in [0.1, 0.15) is 5.75 Å². The molecule has 10 heteroatoms. The maximum Gasteiger partial charge on any atom is 0.325 e. The van der Waals surface area contributed by atoms with Crippen molar-refractivity contribution in [3.05, 3.63) is 71.8 Å². The van der Waals surface area contributed by atoms with Crippen molar-refractivity contribution in [2.45, 2.75) is 12.8 Å². The molecule has 0 saturated carbocycles. The van der Waals surface area contributed by atoms with E-state index in [0.29, 0.717) is 28.0 Å². The molecule has 0 radical (unpaired) electrons. The van der Waals surface area contributed by atoms with Crippen LogP contribution in [0.5, 0.6) is 5.75 Å². The minimum Gasteiger partial charge on any atom is -0.497 e. The number of anilines is 1. The summed E-state index contributed by atoms with van der Waals surface area (Å²) in [6.45, 7) is -0.625. The van der Waals surface area contributed by atoms with Crippen LogP contribution in [0.4, 0.5) is 10.5 Å². The lowest BCUT2D eigenvalue weighted by Crippen LogP contribution is -2.41. The highest BCUT2D eigenvalue weighted by Crippen LogP contribution is 2.30. The monoisotopic (exact) mass is 489 g/mol. The van der Waals surface area contributed by atoms with Crippen molar-refractivity contribution in [3.63, 3.8) is 0 Å². The van der Waals surface area contributed by atoms with Crippen LogP contribution in [0.3, 0.4) is 0 Å². The van der Waals surface area contributed by atoms with E-state index in [1.54, 1.807) is 48.5 Å². The molecule has 1 aliphatic heterocycles. The molecule has 0 fully saturated rings. The van der Waals surface area contributed by atoms with Crippen LogP contribution in [0.2, 0.25) is 0 Å². The molecule has 4 rings (SSSR count). The second-order valence-electron chi connectivity index (χ2n) is 7.97. The van der Waals surface area contributed by atoms with Gasteiger partial charge >= 0.3 is 12.0 Å². The number of nitrogens with one attached hydrogen (secondary N) is 2. The van der Waals surface area contributed by atoms with Gasteiger partial charge < -0.3 is 14.8 Å². The van der Waals surface area contributed by atoms with Crippen LogP contribution in [0.25, 0.3) is 10.8 Å². The standard InChI is InChI=1S/C26H23N3O7/c1-35-18-12-10-17(11-13-18)27-26(34)28-21(30)15-36-22(31)9-4-14-29-24(32)19-7-2-5-16-6-3-8-20(23(16)19)25(29)33/h2-3,5-8,10-13H,4,9,14-15H2,1H3,(H2,27,28,30,34). The Labute approximate surface area is 206 Å². The zero-order valence-electron chi connectivity index (χ0n) is 19.4. The van der Waals surface area contributed by atoms with Gasteiger partial charge in [0.05, 0.1) is 7.11 Å². The van der Waals surface area contributed by atoms with Crippen LogP contribution < -0.4 is 15.4 Å². The van der Waals surface area contributed by atoms with Crippen LogP contribution >= 0.6 is 0 Å². The van der Waals surface area contributed by atoms with E-state index < -0.39 is 36.3 Å². The van der Waals surface area contributed by atoms with E-state index >= 15 is 0 Å². The van der Waals surface area contributed by atoms with Crippen molar-refractivity contribution >= 4 is 46.2 Å². The van der Waals surface area contributed by atoms with Crippen LogP contribution in [0, 0.1) is 0 Å². The Kier molecular flexibility index (Phi) is 7.24. The summed E-state index contributed by atoms with van der Waals surface area (Å²) in [4.78, 5) is 62.7. The average Bonchev–Trinajstić information content (AvgIpc) is 2.88. The van der Waals surface area contributed by atoms with E-state index in [4.69, 9.17) is 9.47 Å². The van der Waals surface area contributed by atoms with Gasteiger partial charge in [-0.3, -0.25) is 29.4 Å². The van der Waals surface area contributed by atoms with E-state index in [0.717, 1.165) is 10.3 Å². The van der Waals surface area contributed by atoms with Gasteiger partial charge in [0.25, 0.3) is 17.7 Å². The second-order valence-corrected chi connectivity index (χ2v) is 7.97. The third-order valence-corrected chi connectivity index (χ3v) is 5.58. The third-order valence-electron chi connectivity index (χ3n) is 5.58. The number of hydrogen-bond acceptors (Lipinski definition) is 7. The van der Waals surface area contributed by atoms with Crippen LogP contribution in [-0.2, 0) is 14.3 Å². The molecule has 0 aromatic heterocycles. The Morgan fingerprint density at radius 1 is 0.889 bits per heavy atom. The maximum absolute atomic E-state index is 12.9. The van der Waals surface area contributed by atoms with Gasteiger partial charge in [-0.1, -0.05) is 24.3 Å². The molecule has 5 amide bonds. The first-order chi connectivity index (χ1) is 17.4. The van der Waals surface area contributed by atoms with Crippen molar-refractivity contribution in [3.8, 4) is 5.75 Å². The number of carbonyl (C=O) groups excluding carboxylic acids is 5. The summed E-state index contributed by atoms with van der Waals surface area (Å²) < 4.78 is 9.92. The quantitative estimate of drug-likeness (QED) is 0.367. The van der Waals surface area contributed by atoms with E-state index in [9.17, 15) is 24.0 Å². The highest BCUT2D eigenvalue weighted by molar-refractivity contribution is 6.25. The Morgan fingerprint density at radius 3 is 2.14 bits per heavy atom. The van der Waals surface area contributed by atoms with Crippen molar-refractivity contribution in [2.75, 3.05) is 25.6 Å². The van der Waals surface area contributed by atoms with Crippen molar-refractivity contribution in [1.29, 1.82) is 0 Å². The minimum absolute atomic E-state index is 0.0218. The number of rotatable bonds is 8. The van der Waals surface area contributed by atoms with Gasteiger partial charge in [-0.2, -0.15) is 0 Å². The van der Waals surface area contributed by atoms with Crippen molar-refractivity contribution in [2.24, 2.45) is 0 Å². The minimum atomic E-state index is -0.805. The van der Waals surface area contributed by atoms with Crippen LogP contribution in [0.15, 0.2) is 60.7 Å². The molecule has 2 N–H and O–H groups in total. The summed E-state index contributed by atoms with van der Waals surface area (Å²) in [5.41, 5.74) is 1.32. The molecule has 36 heavy (non-hydrogen) atoms. The van der Waals surface area contributed by atoms with Crippen molar-refractivity contribution < 1.29 is 33.4 Å². The van der Waals surface area contributed by atoms with E-state index in [1.165, 1.54) is 7.11 Å². The van der Waals surface area contributed by atoms with E-state index in [-0.39, 0.29) is 19.4 Å². The van der Waals surface area contributed by atoms with Crippen molar-refractivity contribution in [1.82, 2.24) is 10.2 Å². The summed E-state index contributed by atoms with van der Waals surface area (Å²) in [6, 6.07) is 16.2. The molecule has 0 aliphatic carbocycles. The van der Waals surface area contributed by atoms with Gasteiger partial charge in [0.15, 0.2) is 6.61 Å². The lowest BCUT2D eigenvalue weighted by Gasteiger charge is -2.27. The number of esters is 1. The lowest BCUT2D eigenvalue weighted by molar-refractivity contribution is -0.148. The summed E-state index contributed by atoms with van der Waals surface area (Å²) in [7, 11) is 1.52. The smallest absolute Gasteiger partial charge is 0.325 e. The number of imide groups is 2. The number of benzene rings is 3. The Hall–Kier alpha value is -4.73. The number of carbonyl (C=O) groups is 5. The average molecular weight is 489 g/mol. The highest BCUT2D eigenvalue weighted by atomic mass is 16.5. The normalized spacial score (nSPS) is 12.3. The number of urea groups is 1. The first-order valence-corrected chi connectivity index (χ1v) is 11.2. The second kappa shape index (κ2) is 10.7. The summed E-state index contributed by atoms with van der Waals surface area (Å²) in [5, 5.41) is 5.97. The number of nitrogens with zero attached hydrogens (tertiary/aromatic N) is 1. The molecular formula is C26H23N3O7. The summed E-state index contributed by atoms with van der Waals surface area (Å²) in [5.74, 6) is -1.72. The SMILES string of the molecule is COc1ccc(NC(=O)NC(=O)COC(=O)CCCN2C(=O)c3cccc4cccc(c34)C2=O)cc1. The molecule has 3 aromatic carbocycles. The highest BCUT2D eigenvalue weighted by Gasteiger charge is 2.32. The Balaban J connectivity index is 1.21. The molecule has 0 saturated heterocycles. The summed E-state index contributed by atoms with van der Waals surface area (Å²) in [6.07, 6.45) is 0.0439. The Morgan fingerprint density at radius 2 is 1.53 bits per heavy atom. The number of methoxy groups -OCH3 is 1. The molecule has 1 aliphatic rings. The predicted octanol–water partition coefficient (Wildman–Crippen LogP) is 3.12. The van der Waals surface area contributed by atoms with Gasteiger partial charge in [0, 0.05) is 35.2 Å². The topological polar surface area (TPSA) is 131 Å². The molecule has 184 valence electrons. The molecule has 0 unspecified atom stereocenters. The zero-order chi connectivity index (χ0) is 25.7. The van der Waals surface area contributed by atoms with Gasteiger partial charge in [0.2, 0.25) is 0 Å². The van der Waals surface area contributed by atoms with Gasteiger partial charge in [-0.25, -0.2) is 4.79 Å². The van der Waals surface area contributed by atoms with Crippen LogP contribution in [0.1, 0.15) is 33.6 Å². The zero-order valence-corrected chi connectivity index (χ0v) is 19.4. The molecule has 3 aromatic rings. The molecule has 10 nitrogen and oxygen atoms in total. The molecule has 1 heterocycles. The fourth-order valence-electron chi connectivity index (χ4n) is 3.88. The first-order valence-electron chi connectivity index (χ1n) is 11.2. The van der Waals surface area contributed by atoms with Gasteiger partial charge in [-0.05, 0) is 48.2 Å². The Bertz CT molecular complexity index is 1300. The predicted molar refractivity (Wildman–Crippen MR) is 130 cm³/mol. The van der Waals surface area contributed by atoms with Gasteiger partial charge in [-0.15, -0.1) is 0 Å². The number of hydrogen-bond donors (Lipinski definition) is 2. The van der Waals surface area contributed by atoms with E-state index in [2.05, 4.69) is 10.6 Å². The lowest BCUT2D eigenvalue weighted by atomic mass is 9.94. The third kappa shape index (κ3) is 5.33. The fraction of sp³-hybridized carbons (Fsp3) is 0.192.